The highest BCUT2D eigenvalue weighted by Gasteiger charge is 2.24. The van der Waals surface area contributed by atoms with Gasteiger partial charge in [-0.1, -0.05) is 0 Å². The molecule has 0 amide bonds. The Morgan fingerprint density at radius 2 is 2.00 bits per heavy atom. The second kappa shape index (κ2) is 2.03. The van der Waals surface area contributed by atoms with Crippen LogP contribution in [0.4, 0.5) is 0 Å². The number of rotatable bonds is 1. The predicted molar refractivity (Wildman–Crippen MR) is 33.3 cm³/mol. The SMILES string of the molecule is [CH]N1CC(N(C)C)C1. The zero-order valence-corrected chi connectivity index (χ0v) is 5.46. The van der Waals surface area contributed by atoms with Crippen molar-refractivity contribution in [1.29, 1.82) is 0 Å². The fourth-order valence-corrected chi connectivity index (χ4v) is 0.815. The van der Waals surface area contributed by atoms with Crippen LogP contribution in [-0.2, 0) is 0 Å². The molecule has 46 valence electrons. The summed E-state index contributed by atoms with van der Waals surface area (Å²) in [7, 11) is 9.58. The van der Waals surface area contributed by atoms with E-state index >= 15 is 0 Å². The highest BCUT2D eigenvalue weighted by atomic mass is 15.3. The van der Waals surface area contributed by atoms with Gasteiger partial charge in [0.1, 0.15) is 0 Å². The summed E-state index contributed by atoms with van der Waals surface area (Å²) < 4.78 is 0. The Balaban J connectivity index is 2.15. The molecule has 1 aliphatic heterocycles. The summed E-state index contributed by atoms with van der Waals surface area (Å²) in [6.07, 6.45) is 0. The minimum atomic E-state index is 0.694. The van der Waals surface area contributed by atoms with Gasteiger partial charge in [0.25, 0.3) is 0 Å². The second-order valence-corrected chi connectivity index (χ2v) is 2.57. The minimum absolute atomic E-state index is 0.694. The molecule has 0 atom stereocenters. The van der Waals surface area contributed by atoms with Crippen molar-refractivity contribution >= 4 is 0 Å². The van der Waals surface area contributed by atoms with Crippen LogP contribution in [0.3, 0.4) is 0 Å². The van der Waals surface area contributed by atoms with E-state index in [9.17, 15) is 0 Å². The molecule has 1 fully saturated rings. The van der Waals surface area contributed by atoms with E-state index in [1.807, 2.05) is 4.90 Å². The second-order valence-electron chi connectivity index (χ2n) is 2.57. The smallest absolute Gasteiger partial charge is 0.0440 e. The lowest BCUT2D eigenvalue weighted by atomic mass is 10.1. The van der Waals surface area contributed by atoms with E-state index in [-0.39, 0.29) is 0 Å². The molecule has 0 spiro atoms. The molecule has 0 unspecified atom stereocenters. The van der Waals surface area contributed by atoms with Gasteiger partial charge in [-0.2, -0.15) is 0 Å². The minimum Gasteiger partial charge on any atom is -0.304 e. The van der Waals surface area contributed by atoms with Gasteiger partial charge in [0.15, 0.2) is 0 Å². The normalized spacial score (nSPS) is 24.0. The van der Waals surface area contributed by atoms with Crippen LogP contribution in [0.25, 0.3) is 0 Å². The maximum absolute atomic E-state index is 5.41. The van der Waals surface area contributed by atoms with Crippen LogP contribution in [0.2, 0.25) is 0 Å². The maximum atomic E-state index is 5.41. The van der Waals surface area contributed by atoms with E-state index in [4.69, 9.17) is 7.05 Å². The lowest BCUT2D eigenvalue weighted by molar-refractivity contribution is 0.103. The Morgan fingerprint density at radius 1 is 1.50 bits per heavy atom. The first kappa shape index (κ1) is 6.05. The van der Waals surface area contributed by atoms with Gasteiger partial charge in [0.2, 0.25) is 0 Å². The zero-order valence-electron chi connectivity index (χ0n) is 5.46. The summed E-state index contributed by atoms with van der Waals surface area (Å²) in [5, 5.41) is 0. The fourth-order valence-electron chi connectivity index (χ4n) is 0.815. The highest BCUT2D eigenvalue weighted by molar-refractivity contribution is 4.84. The summed E-state index contributed by atoms with van der Waals surface area (Å²) in [6, 6.07) is 0.694. The van der Waals surface area contributed by atoms with Crippen LogP contribution < -0.4 is 0 Å². The van der Waals surface area contributed by atoms with Gasteiger partial charge in [0, 0.05) is 26.2 Å². The molecule has 1 saturated heterocycles. The average molecular weight is 112 g/mol. The van der Waals surface area contributed by atoms with Crippen molar-refractivity contribution in [2.24, 2.45) is 0 Å². The summed E-state index contributed by atoms with van der Waals surface area (Å²) in [5.74, 6) is 0. The van der Waals surface area contributed by atoms with Gasteiger partial charge < -0.3 is 4.90 Å². The van der Waals surface area contributed by atoms with E-state index in [2.05, 4.69) is 19.0 Å². The van der Waals surface area contributed by atoms with Crippen LogP contribution in [0.15, 0.2) is 0 Å². The van der Waals surface area contributed by atoms with Crippen molar-refractivity contribution in [3.8, 4) is 0 Å². The molecule has 0 aromatic heterocycles. The Morgan fingerprint density at radius 3 is 2.12 bits per heavy atom. The lowest BCUT2D eigenvalue weighted by Gasteiger charge is -2.39. The van der Waals surface area contributed by atoms with Crippen molar-refractivity contribution in [2.45, 2.75) is 6.04 Å². The molecule has 0 aromatic carbocycles. The molecular weight excluding hydrogens is 100 g/mol. The van der Waals surface area contributed by atoms with Crippen LogP contribution in [-0.4, -0.2) is 43.0 Å². The first-order chi connectivity index (χ1) is 3.70. The zero-order chi connectivity index (χ0) is 6.15. The molecule has 0 aliphatic carbocycles. The Kier molecular flexibility index (Phi) is 1.54. The maximum Gasteiger partial charge on any atom is 0.0440 e. The average Bonchev–Trinajstić information content (AvgIpc) is 1.57. The number of likely N-dealkylation sites (N-methyl/N-ethyl adjacent to an activating group) is 1. The Bertz CT molecular complexity index is 74.6. The molecule has 1 aliphatic rings. The van der Waals surface area contributed by atoms with Crippen LogP contribution in [0.1, 0.15) is 0 Å². The summed E-state index contributed by atoms with van der Waals surface area (Å²) >= 11 is 0. The quantitative estimate of drug-likeness (QED) is 0.467. The number of nitrogens with zero attached hydrogens (tertiary/aromatic N) is 2. The molecule has 8 heavy (non-hydrogen) atoms. The Hall–Kier alpha value is -0.0800. The molecule has 1 rings (SSSR count). The summed E-state index contributed by atoms with van der Waals surface area (Å²) in [6.45, 7) is 2.04. The largest absolute Gasteiger partial charge is 0.304 e. The topological polar surface area (TPSA) is 6.48 Å². The van der Waals surface area contributed by atoms with E-state index in [1.54, 1.807) is 0 Å². The van der Waals surface area contributed by atoms with E-state index in [0.717, 1.165) is 13.1 Å². The number of likely N-dealkylation sites (tertiary alicyclic amines) is 1. The first-order valence-corrected chi connectivity index (χ1v) is 2.86. The van der Waals surface area contributed by atoms with E-state index in [1.165, 1.54) is 0 Å². The molecule has 2 nitrogen and oxygen atoms in total. The van der Waals surface area contributed by atoms with Gasteiger partial charge in [-0.3, -0.25) is 4.90 Å². The predicted octanol–water partition coefficient (Wildman–Crippen LogP) is -0.0992. The first-order valence-electron chi connectivity index (χ1n) is 2.86. The number of hydrogen-bond donors (Lipinski definition) is 0. The van der Waals surface area contributed by atoms with Crippen molar-refractivity contribution < 1.29 is 0 Å². The third kappa shape index (κ3) is 1.01. The molecule has 0 bridgehead atoms. The van der Waals surface area contributed by atoms with Gasteiger partial charge in [-0.25, -0.2) is 0 Å². The molecular formula is C6H12N2. The van der Waals surface area contributed by atoms with Gasteiger partial charge >= 0.3 is 0 Å². The van der Waals surface area contributed by atoms with Gasteiger partial charge in [-0.05, 0) is 14.1 Å². The van der Waals surface area contributed by atoms with Crippen LogP contribution in [0, 0.1) is 7.05 Å². The van der Waals surface area contributed by atoms with Gasteiger partial charge in [-0.15, -0.1) is 0 Å². The van der Waals surface area contributed by atoms with Crippen LogP contribution >= 0.6 is 0 Å². The lowest BCUT2D eigenvalue weighted by Crippen LogP contribution is -2.54. The molecule has 0 saturated carbocycles. The summed E-state index contributed by atoms with van der Waals surface area (Å²) in [5.41, 5.74) is 0. The fraction of sp³-hybridized carbons (Fsp3) is 0.833. The van der Waals surface area contributed by atoms with E-state index < -0.39 is 0 Å². The third-order valence-electron chi connectivity index (χ3n) is 1.62. The number of hydrogen-bond acceptors (Lipinski definition) is 2. The Labute approximate surface area is 51.1 Å². The highest BCUT2D eigenvalue weighted by Crippen LogP contribution is 2.08. The molecule has 2 radical (unpaired) electrons. The molecule has 0 N–H and O–H groups in total. The summed E-state index contributed by atoms with van der Waals surface area (Å²) in [4.78, 5) is 4.02. The monoisotopic (exact) mass is 112 g/mol. The standard InChI is InChI=1S/C6H12N2/c1-7(2)6-4-8(3)5-6/h3,6H,4-5H2,1-2H3. The molecule has 2 heteroatoms. The third-order valence-corrected chi connectivity index (χ3v) is 1.62. The van der Waals surface area contributed by atoms with Crippen molar-refractivity contribution in [3.05, 3.63) is 7.05 Å². The van der Waals surface area contributed by atoms with Gasteiger partial charge in [0.05, 0.1) is 0 Å². The molecule has 0 aromatic rings. The van der Waals surface area contributed by atoms with Crippen molar-refractivity contribution in [1.82, 2.24) is 9.80 Å². The van der Waals surface area contributed by atoms with Crippen molar-refractivity contribution in [2.75, 3.05) is 27.2 Å². The van der Waals surface area contributed by atoms with E-state index in [0.29, 0.717) is 6.04 Å². The molecule has 1 heterocycles. The van der Waals surface area contributed by atoms with Crippen LogP contribution in [0.5, 0.6) is 0 Å². The van der Waals surface area contributed by atoms with Crippen molar-refractivity contribution in [3.63, 3.8) is 0 Å².